The Balaban J connectivity index is 2.29. The van der Waals surface area contributed by atoms with Crippen molar-refractivity contribution in [2.75, 3.05) is 26.8 Å². The van der Waals surface area contributed by atoms with E-state index >= 15 is 0 Å². The Morgan fingerprint density at radius 1 is 1.07 bits per heavy atom. The Morgan fingerprint density at radius 3 is 2.28 bits per heavy atom. The number of halogens is 3. The van der Waals surface area contributed by atoms with Gasteiger partial charge in [-0.25, -0.2) is 8.42 Å². The maximum Gasteiger partial charge on any atom is 0.243 e. The molecule has 0 aliphatic heterocycles. The van der Waals surface area contributed by atoms with Gasteiger partial charge >= 0.3 is 0 Å². The van der Waals surface area contributed by atoms with Crippen LogP contribution in [0.15, 0.2) is 47.4 Å². The third-order valence-corrected chi connectivity index (χ3v) is 6.78. The molecule has 1 amide bonds. The minimum atomic E-state index is -4.01. The Bertz CT molecular complexity index is 917. The molecule has 0 fully saturated rings. The van der Waals surface area contributed by atoms with Gasteiger partial charge in [0, 0.05) is 47.4 Å². The van der Waals surface area contributed by atoms with Crippen LogP contribution in [0.4, 0.5) is 0 Å². The van der Waals surface area contributed by atoms with Crippen LogP contribution in [0.2, 0.25) is 15.1 Å². The molecule has 158 valence electrons. The van der Waals surface area contributed by atoms with Gasteiger partial charge < -0.3 is 10.1 Å². The molecule has 6 nitrogen and oxygen atoms in total. The molecule has 2 rings (SSSR count). The van der Waals surface area contributed by atoms with Crippen molar-refractivity contribution < 1.29 is 17.9 Å². The Kier molecular flexibility index (Phi) is 9.20. The van der Waals surface area contributed by atoms with E-state index < -0.39 is 15.9 Å². The highest BCUT2D eigenvalue weighted by Gasteiger charge is 2.28. The second-order valence-corrected chi connectivity index (χ2v) is 9.31. The fourth-order valence-electron chi connectivity index (χ4n) is 2.50. The average molecular weight is 480 g/mol. The normalized spacial score (nSPS) is 11.6. The van der Waals surface area contributed by atoms with Gasteiger partial charge in [-0.05, 0) is 42.8 Å². The molecule has 0 radical (unpaired) electrons. The molecule has 0 spiro atoms. The maximum absolute atomic E-state index is 13.2. The molecule has 0 unspecified atom stereocenters. The van der Waals surface area contributed by atoms with Crippen molar-refractivity contribution >= 4 is 50.7 Å². The second kappa shape index (κ2) is 11.2. The molecule has 0 aromatic heterocycles. The van der Waals surface area contributed by atoms with Crippen LogP contribution in [0.25, 0.3) is 0 Å². The van der Waals surface area contributed by atoms with Gasteiger partial charge in [-0.2, -0.15) is 4.31 Å². The number of sulfonamides is 1. The number of nitrogens with one attached hydrogen (secondary N) is 1. The lowest BCUT2D eigenvalue weighted by molar-refractivity contribution is -0.121. The van der Waals surface area contributed by atoms with E-state index in [1.54, 1.807) is 25.3 Å². The number of carbonyl (C=O) groups is 1. The molecule has 0 saturated heterocycles. The fraction of sp³-hybridized carbons (Fsp3) is 0.316. The molecule has 29 heavy (non-hydrogen) atoms. The first-order valence-electron chi connectivity index (χ1n) is 8.70. The van der Waals surface area contributed by atoms with Crippen LogP contribution in [0.1, 0.15) is 12.0 Å². The molecule has 0 aliphatic carbocycles. The van der Waals surface area contributed by atoms with Gasteiger partial charge in [-0.15, -0.1) is 0 Å². The number of ether oxygens (including phenoxy) is 1. The predicted molar refractivity (Wildman–Crippen MR) is 115 cm³/mol. The number of benzene rings is 2. The summed E-state index contributed by atoms with van der Waals surface area (Å²) in [6.45, 7) is 0.311. The minimum absolute atomic E-state index is 0.0114. The van der Waals surface area contributed by atoms with Crippen molar-refractivity contribution in [1.82, 2.24) is 9.62 Å². The monoisotopic (exact) mass is 478 g/mol. The zero-order valence-corrected chi connectivity index (χ0v) is 18.8. The molecule has 2 aromatic carbocycles. The molecule has 1 N–H and O–H groups in total. The summed E-state index contributed by atoms with van der Waals surface area (Å²) in [4.78, 5) is 12.4. The highest BCUT2D eigenvalue weighted by atomic mass is 35.5. The number of hydrogen-bond donors (Lipinski definition) is 1. The van der Waals surface area contributed by atoms with E-state index in [1.165, 1.54) is 24.3 Å². The number of carbonyl (C=O) groups excluding carboxylic acids is 1. The van der Waals surface area contributed by atoms with Gasteiger partial charge in [-0.1, -0.05) is 40.9 Å². The molecule has 0 atom stereocenters. The van der Waals surface area contributed by atoms with E-state index in [1.807, 2.05) is 0 Å². The smallest absolute Gasteiger partial charge is 0.243 e. The van der Waals surface area contributed by atoms with Crippen LogP contribution >= 0.6 is 34.8 Å². The lowest BCUT2D eigenvalue weighted by Gasteiger charge is -2.23. The van der Waals surface area contributed by atoms with Gasteiger partial charge in [0.05, 0.1) is 11.4 Å². The second-order valence-electron chi connectivity index (χ2n) is 6.12. The first-order valence-corrected chi connectivity index (χ1v) is 11.3. The van der Waals surface area contributed by atoms with Crippen molar-refractivity contribution in [3.05, 3.63) is 63.1 Å². The van der Waals surface area contributed by atoms with Gasteiger partial charge in [0.2, 0.25) is 15.9 Å². The highest BCUT2D eigenvalue weighted by Crippen LogP contribution is 2.28. The van der Waals surface area contributed by atoms with E-state index in [4.69, 9.17) is 39.5 Å². The average Bonchev–Trinajstić information content (AvgIpc) is 2.67. The summed E-state index contributed by atoms with van der Waals surface area (Å²) in [7, 11) is -2.44. The quantitative estimate of drug-likeness (QED) is 0.523. The molecule has 0 saturated carbocycles. The molecule has 0 aliphatic rings. The Labute approximate surface area is 185 Å². The lowest BCUT2D eigenvalue weighted by Crippen LogP contribution is -2.40. The summed E-state index contributed by atoms with van der Waals surface area (Å²) in [5, 5.41) is 3.72. The van der Waals surface area contributed by atoms with E-state index in [2.05, 4.69) is 5.32 Å². The third-order valence-electron chi connectivity index (χ3n) is 4.01. The Morgan fingerprint density at radius 2 is 1.69 bits per heavy atom. The number of nitrogens with zero attached hydrogens (tertiary/aromatic N) is 1. The van der Waals surface area contributed by atoms with Crippen LogP contribution in [-0.4, -0.2) is 45.4 Å². The largest absolute Gasteiger partial charge is 0.385 e. The van der Waals surface area contributed by atoms with Crippen molar-refractivity contribution in [1.29, 1.82) is 0 Å². The summed E-state index contributed by atoms with van der Waals surface area (Å²) >= 11 is 18.3. The van der Waals surface area contributed by atoms with E-state index in [0.29, 0.717) is 40.2 Å². The first-order chi connectivity index (χ1) is 13.8. The van der Waals surface area contributed by atoms with Gasteiger partial charge in [0.1, 0.15) is 0 Å². The third kappa shape index (κ3) is 6.84. The molecule has 0 heterocycles. The summed E-state index contributed by atoms with van der Waals surface area (Å²) in [5.41, 5.74) is 0.417. The van der Waals surface area contributed by atoms with Crippen LogP contribution in [-0.2, 0) is 26.1 Å². The molecular weight excluding hydrogens is 459 g/mol. The van der Waals surface area contributed by atoms with Crippen LogP contribution in [0, 0.1) is 0 Å². The van der Waals surface area contributed by atoms with E-state index in [9.17, 15) is 13.2 Å². The van der Waals surface area contributed by atoms with Crippen molar-refractivity contribution in [3.63, 3.8) is 0 Å². The number of rotatable bonds is 10. The predicted octanol–water partition coefficient (Wildman–Crippen LogP) is 3.99. The lowest BCUT2D eigenvalue weighted by atomic mass is 10.2. The zero-order chi connectivity index (χ0) is 21.4. The van der Waals surface area contributed by atoms with Crippen molar-refractivity contribution in [3.8, 4) is 0 Å². The SMILES string of the molecule is COCCCNC(=O)CN(Cc1c(Cl)cccc1Cl)S(=O)(=O)c1ccc(Cl)cc1. The summed E-state index contributed by atoms with van der Waals surface area (Å²) in [5.74, 6) is -0.443. The Hall–Kier alpha value is -1.35. The number of amides is 1. The van der Waals surface area contributed by atoms with Crippen LogP contribution < -0.4 is 5.32 Å². The summed E-state index contributed by atoms with van der Waals surface area (Å²) < 4.78 is 32.3. The van der Waals surface area contributed by atoms with Crippen molar-refractivity contribution in [2.24, 2.45) is 0 Å². The highest BCUT2D eigenvalue weighted by molar-refractivity contribution is 7.89. The van der Waals surface area contributed by atoms with Crippen LogP contribution in [0.3, 0.4) is 0 Å². The zero-order valence-electron chi connectivity index (χ0n) is 15.7. The van der Waals surface area contributed by atoms with E-state index in [0.717, 1.165) is 4.31 Å². The summed E-state index contributed by atoms with van der Waals surface area (Å²) in [6.07, 6.45) is 0.614. The molecule has 2 aromatic rings. The van der Waals surface area contributed by atoms with Gasteiger partial charge in [0.25, 0.3) is 0 Å². The topological polar surface area (TPSA) is 75.7 Å². The molecular formula is C19H21Cl3N2O4S. The van der Waals surface area contributed by atoms with Crippen LogP contribution in [0.5, 0.6) is 0 Å². The fourth-order valence-corrected chi connectivity index (χ4v) is 4.51. The van der Waals surface area contributed by atoms with E-state index in [-0.39, 0.29) is 18.0 Å². The number of hydrogen-bond acceptors (Lipinski definition) is 4. The molecule has 10 heteroatoms. The minimum Gasteiger partial charge on any atom is -0.385 e. The standard InChI is InChI=1S/C19H21Cl3N2O4S/c1-28-11-3-10-23-19(25)13-24(12-16-17(21)4-2-5-18(16)22)29(26,27)15-8-6-14(20)7-9-15/h2,4-9H,3,10-13H2,1H3,(H,23,25). The van der Waals surface area contributed by atoms with Gasteiger partial charge in [-0.3, -0.25) is 4.79 Å². The number of methoxy groups -OCH3 is 1. The maximum atomic E-state index is 13.2. The molecule has 0 bridgehead atoms. The summed E-state index contributed by atoms with van der Waals surface area (Å²) in [6, 6.07) is 10.6. The first kappa shape index (κ1) is 23.9. The van der Waals surface area contributed by atoms with Gasteiger partial charge in [0.15, 0.2) is 0 Å². The van der Waals surface area contributed by atoms with Crippen molar-refractivity contribution in [2.45, 2.75) is 17.9 Å².